The molecule has 0 atom stereocenters. The molecular formula is C17H23N3O. The van der Waals surface area contributed by atoms with Gasteiger partial charge in [0.05, 0.1) is 0 Å². The Labute approximate surface area is 126 Å². The first kappa shape index (κ1) is 14.1. The third kappa shape index (κ3) is 3.27. The monoisotopic (exact) mass is 285 g/mol. The summed E-state index contributed by atoms with van der Waals surface area (Å²) in [6.07, 6.45) is 9.83. The van der Waals surface area contributed by atoms with E-state index in [-0.39, 0.29) is 0 Å². The van der Waals surface area contributed by atoms with Crippen LogP contribution in [0.5, 0.6) is 0 Å². The maximum absolute atomic E-state index is 5.12. The van der Waals surface area contributed by atoms with Gasteiger partial charge in [-0.25, -0.2) is 4.98 Å². The lowest BCUT2D eigenvalue weighted by Gasteiger charge is -2.20. The van der Waals surface area contributed by atoms with Crippen LogP contribution < -0.4 is 5.32 Å². The molecule has 1 N–H and O–H groups in total. The van der Waals surface area contributed by atoms with Gasteiger partial charge in [-0.15, -0.1) is 0 Å². The Morgan fingerprint density at radius 3 is 3.10 bits per heavy atom. The van der Waals surface area contributed by atoms with E-state index in [4.69, 9.17) is 4.74 Å². The summed E-state index contributed by atoms with van der Waals surface area (Å²) in [6.45, 7) is 1.70. The first-order valence-electron chi connectivity index (χ1n) is 7.76. The molecule has 1 aromatic carbocycles. The van der Waals surface area contributed by atoms with Crippen molar-refractivity contribution in [3.05, 3.63) is 41.7 Å². The average Bonchev–Trinajstić information content (AvgIpc) is 2.95. The number of hydrogen-bond donors (Lipinski definition) is 1. The quantitative estimate of drug-likeness (QED) is 0.825. The molecule has 0 bridgehead atoms. The number of fused-ring (bicyclic) bond motifs is 1. The Balaban J connectivity index is 1.76. The second-order valence-corrected chi connectivity index (χ2v) is 5.57. The molecule has 0 spiro atoms. The molecule has 2 aromatic rings. The Morgan fingerprint density at radius 1 is 1.29 bits per heavy atom. The first-order valence-corrected chi connectivity index (χ1v) is 7.76. The van der Waals surface area contributed by atoms with Crippen LogP contribution in [0.3, 0.4) is 0 Å². The summed E-state index contributed by atoms with van der Waals surface area (Å²) in [5.74, 6) is 0.921. The molecule has 1 heterocycles. The SMILES string of the molecule is COCCCn1ccnc1Nc1cccc2c1CCCC2. The molecule has 0 amide bonds. The Kier molecular flexibility index (Phi) is 4.55. The molecule has 4 heteroatoms. The Bertz CT molecular complexity index is 591. The van der Waals surface area contributed by atoms with Crippen LogP contribution in [0, 0.1) is 0 Å². The van der Waals surface area contributed by atoms with Gasteiger partial charge in [-0.2, -0.15) is 0 Å². The summed E-state index contributed by atoms with van der Waals surface area (Å²) >= 11 is 0. The largest absolute Gasteiger partial charge is 0.385 e. The second kappa shape index (κ2) is 6.76. The summed E-state index contributed by atoms with van der Waals surface area (Å²) in [6, 6.07) is 6.56. The van der Waals surface area contributed by atoms with E-state index in [1.54, 1.807) is 7.11 Å². The minimum Gasteiger partial charge on any atom is -0.385 e. The minimum atomic E-state index is 0.776. The van der Waals surface area contributed by atoms with Gasteiger partial charge in [-0.3, -0.25) is 0 Å². The number of anilines is 2. The standard InChI is InChI=1S/C17H23N3O/c1-21-13-5-11-20-12-10-18-17(20)19-16-9-4-7-14-6-2-3-8-15(14)16/h4,7,9-10,12H,2-3,5-6,8,11,13H2,1H3,(H,18,19). The van der Waals surface area contributed by atoms with Crippen molar-refractivity contribution in [1.82, 2.24) is 9.55 Å². The normalized spacial score (nSPS) is 14.0. The maximum atomic E-state index is 5.12. The smallest absolute Gasteiger partial charge is 0.207 e. The van der Waals surface area contributed by atoms with Crippen molar-refractivity contribution in [2.75, 3.05) is 19.0 Å². The van der Waals surface area contributed by atoms with Crippen LogP contribution in [0.1, 0.15) is 30.4 Å². The highest BCUT2D eigenvalue weighted by Crippen LogP contribution is 2.29. The lowest BCUT2D eigenvalue weighted by Crippen LogP contribution is -2.09. The number of aromatic nitrogens is 2. The van der Waals surface area contributed by atoms with Crippen LogP contribution in [0.2, 0.25) is 0 Å². The van der Waals surface area contributed by atoms with E-state index in [0.29, 0.717) is 0 Å². The molecule has 1 aliphatic carbocycles. The van der Waals surface area contributed by atoms with Crippen molar-refractivity contribution in [1.29, 1.82) is 0 Å². The van der Waals surface area contributed by atoms with Crippen LogP contribution in [-0.2, 0) is 24.1 Å². The van der Waals surface area contributed by atoms with Gasteiger partial charge in [-0.1, -0.05) is 12.1 Å². The number of imidazole rings is 1. The van der Waals surface area contributed by atoms with E-state index in [1.165, 1.54) is 42.5 Å². The summed E-state index contributed by atoms with van der Waals surface area (Å²) in [5, 5.41) is 3.52. The molecule has 21 heavy (non-hydrogen) atoms. The predicted molar refractivity (Wildman–Crippen MR) is 85.1 cm³/mol. The first-order chi connectivity index (χ1) is 10.4. The van der Waals surface area contributed by atoms with Gasteiger partial charge < -0.3 is 14.6 Å². The molecule has 3 rings (SSSR count). The summed E-state index contributed by atoms with van der Waals surface area (Å²) in [7, 11) is 1.74. The molecule has 0 saturated heterocycles. The highest BCUT2D eigenvalue weighted by Gasteiger charge is 2.14. The fourth-order valence-corrected chi connectivity index (χ4v) is 3.01. The molecule has 1 aromatic heterocycles. The fraction of sp³-hybridized carbons (Fsp3) is 0.471. The van der Waals surface area contributed by atoms with Crippen LogP contribution in [0.4, 0.5) is 11.6 Å². The number of ether oxygens (including phenoxy) is 1. The molecule has 0 fully saturated rings. The molecule has 1 aliphatic rings. The molecule has 0 aliphatic heterocycles. The van der Waals surface area contributed by atoms with Gasteiger partial charge in [0.1, 0.15) is 0 Å². The van der Waals surface area contributed by atoms with E-state index in [1.807, 2.05) is 12.4 Å². The molecule has 4 nitrogen and oxygen atoms in total. The van der Waals surface area contributed by atoms with Gasteiger partial charge >= 0.3 is 0 Å². The number of methoxy groups -OCH3 is 1. The summed E-state index contributed by atoms with van der Waals surface area (Å²) in [5.41, 5.74) is 4.17. The summed E-state index contributed by atoms with van der Waals surface area (Å²) in [4.78, 5) is 4.45. The highest BCUT2D eigenvalue weighted by molar-refractivity contribution is 5.61. The van der Waals surface area contributed by atoms with Crippen molar-refractivity contribution >= 4 is 11.6 Å². The summed E-state index contributed by atoms with van der Waals surface area (Å²) < 4.78 is 7.27. The minimum absolute atomic E-state index is 0.776. The zero-order valence-electron chi connectivity index (χ0n) is 12.6. The van der Waals surface area contributed by atoms with Crippen LogP contribution in [0.25, 0.3) is 0 Å². The zero-order valence-corrected chi connectivity index (χ0v) is 12.6. The number of hydrogen-bond acceptors (Lipinski definition) is 3. The van der Waals surface area contributed by atoms with E-state index in [2.05, 4.69) is 33.1 Å². The third-order valence-corrected chi connectivity index (χ3v) is 4.11. The molecule has 0 saturated carbocycles. The molecule has 112 valence electrons. The van der Waals surface area contributed by atoms with Crippen molar-refractivity contribution in [3.8, 4) is 0 Å². The molecule has 0 radical (unpaired) electrons. The van der Waals surface area contributed by atoms with Gasteiger partial charge in [0.25, 0.3) is 0 Å². The number of benzene rings is 1. The van der Waals surface area contributed by atoms with Crippen LogP contribution >= 0.6 is 0 Å². The Morgan fingerprint density at radius 2 is 2.19 bits per heavy atom. The maximum Gasteiger partial charge on any atom is 0.207 e. The van der Waals surface area contributed by atoms with Gasteiger partial charge in [0.2, 0.25) is 5.95 Å². The van der Waals surface area contributed by atoms with E-state index < -0.39 is 0 Å². The van der Waals surface area contributed by atoms with Crippen LogP contribution in [-0.4, -0.2) is 23.3 Å². The van der Waals surface area contributed by atoms with Crippen molar-refractivity contribution in [3.63, 3.8) is 0 Å². The van der Waals surface area contributed by atoms with Crippen molar-refractivity contribution in [2.45, 2.75) is 38.6 Å². The van der Waals surface area contributed by atoms with Crippen molar-refractivity contribution in [2.24, 2.45) is 0 Å². The average molecular weight is 285 g/mol. The van der Waals surface area contributed by atoms with Gasteiger partial charge in [-0.05, 0) is 49.3 Å². The predicted octanol–water partition coefficient (Wildman–Crippen LogP) is 3.54. The van der Waals surface area contributed by atoms with E-state index in [9.17, 15) is 0 Å². The fourth-order valence-electron chi connectivity index (χ4n) is 3.01. The van der Waals surface area contributed by atoms with Crippen LogP contribution in [0.15, 0.2) is 30.6 Å². The lowest BCUT2D eigenvalue weighted by molar-refractivity contribution is 0.190. The number of rotatable bonds is 6. The van der Waals surface area contributed by atoms with Gasteiger partial charge in [0, 0.05) is 38.3 Å². The lowest BCUT2D eigenvalue weighted by atomic mass is 9.90. The highest BCUT2D eigenvalue weighted by atomic mass is 16.5. The van der Waals surface area contributed by atoms with E-state index >= 15 is 0 Å². The molecular weight excluding hydrogens is 262 g/mol. The molecule has 0 unspecified atom stereocenters. The Hall–Kier alpha value is -1.81. The zero-order chi connectivity index (χ0) is 14.5. The number of aryl methyl sites for hydroxylation is 2. The number of nitrogens with one attached hydrogen (secondary N) is 1. The third-order valence-electron chi connectivity index (χ3n) is 4.11. The number of nitrogens with zero attached hydrogens (tertiary/aromatic N) is 2. The van der Waals surface area contributed by atoms with E-state index in [0.717, 1.165) is 25.5 Å². The van der Waals surface area contributed by atoms with Gasteiger partial charge in [0.15, 0.2) is 0 Å². The topological polar surface area (TPSA) is 39.1 Å². The van der Waals surface area contributed by atoms with Crippen molar-refractivity contribution < 1.29 is 4.74 Å². The second-order valence-electron chi connectivity index (χ2n) is 5.57.